The fraction of sp³-hybridized carbons (Fsp3) is 0.389. The van der Waals surface area contributed by atoms with E-state index in [1.807, 2.05) is 29.2 Å². The predicted octanol–water partition coefficient (Wildman–Crippen LogP) is 3.11. The Morgan fingerprint density at radius 1 is 1.16 bits per heavy atom. The Balaban J connectivity index is 1.56. The van der Waals surface area contributed by atoms with Gasteiger partial charge in [0.1, 0.15) is 0 Å². The molecule has 3 rings (SSSR count). The molecule has 0 bridgehead atoms. The number of carbonyl (C=O) groups is 1. The molecular formula is C18H22ClN5O. The van der Waals surface area contributed by atoms with Gasteiger partial charge in [0, 0.05) is 43.6 Å². The molecule has 1 aliphatic rings. The van der Waals surface area contributed by atoms with Crippen LogP contribution in [0.25, 0.3) is 0 Å². The van der Waals surface area contributed by atoms with Crippen LogP contribution in [-0.2, 0) is 0 Å². The van der Waals surface area contributed by atoms with Gasteiger partial charge >= 0.3 is 6.03 Å². The summed E-state index contributed by atoms with van der Waals surface area (Å²) in [6, 6.07) is 9.38. The number of nitrogens with one attached hydrogen (secondary N) is 1. The van der Waals surface area contributed by atoms with Gasteiger partial charge in [0.05, 0.1) is 6.04 Å². The van der Waals surface area contributed by atoms with Crippen LogP contribution in [-0.4, -0.2) is 47.1 Å². The van der Waals surface area contributed by atoms with E-state index in [0.29, 0.717) is 18.1 Å². The van der Waals surface area contributed by atoms with Gasteiger partial charge in [0.2, 0.25) is 5.95 Å². The van der Waals surface area contributed by atoms with Crippen molar-refractivity contribution in [2.24, 2.45) is 0 Å². The van der Waals surface area contributed by atoms with Crippen molar-refractivity contribution in [3.05, 3.63) is 53.3 Å². The molecule has 1 aromatic carbocycles. The minimum Gasteiger partial charge on any atom is -0.337 e. The number of halogens is 1. The number of anilines is 1. The highest BCUT2D eigenvalue weighted by atomic mass is 35.5. The summed E-state index contributed by atoms with van der Waals surface area (Å²) in [6.07, 6.45) is 4.30. The fourth-order valence-corrected chi connectivity index (χ4v) is 3.05. The summed E-state index contributed by atoms with van der Waals surface area (Å²) >= 11 is 5.94. The lowest BCUT2D eigenvalue weighted by atomic mass is 10.1. The summed E-state index contributed by atoms with van der Waals surface area (Å²) in [5, 5.41) is 3.82. The molecular weight excluding hydrogens is 338 g/mol. The monoisotopic (exact) mass is 359 g/mol. The van der Waals surface area contributed by atoms with E-state index >= 15 is 0 Å². The summed E-state index contributed by atoms with van der Waals surface area (Å²) in [4.78, 5) is 25.1. The molecule has 7 heteroatoms. The van der Waals surface area contributed by atoms with Crippen molar-refractivity contribution in [3.63, 3.8) is 0 Å². The van der Waals surface area contributed by atoms with Gasteiger partial charge in [-0.3, -0.25) is 0 Å². The van der Waals surface area contributed by atoms with Crippen molar-refractivity contribution >= 4 is 23.6 Å². The molecule has 1 aromatic heterocycles. The van der Waals surface area contributed by atoms with E-state index in [2.05, 4.69) is 27.1 Å². The highest BCUT2D eigenvalue weighted by molar-refractivity contribution is 6.30. The van der Waals surface area contributed by atoms with Crippen molar-refractivity contribution in [1.29, 1.82) is 0 Å². The Kier molecular flexibility index (Phi) is 5.71. The molecule has 2 amide bonds. The number of nitrogens with zero attached hydrogens (tertiary/aromatic N) is 4. The van der Waals surface area contributed by atoms with Crippen molar-refractivity contribution in [2.75, 3.05) is 31.1 Å². The van der Waals surface area contributed by atoms with Crippen LogP contribution in [0.5, 0.6) is 0 Å². The van der Waals surface area contributed by atoms with Crippen LogP contribution in [0.4, 0.5) is 10.7 Å². The van der Waals surface area contributed by atoms with E-state index in [1.54, 1.807) is 18.5 Å². The number of urea groups is 1. The minimum absolute atomic E-state index is 0.0137. The highest BCUT2D eigenvalue weighted by Crippen LogP contribution is 2.20. The number of amides is 2. The van der Waals surface area contributed by atoms with Crippen molar-refractivity contribution in [1.82, 2.24) is 20.2 Å². The molecule has 1 atom stereocenters. The molecule has 1 saturated heterocycles. The van der Waals surface area contributed by atoms with E-state index in [1.165, 1.54) is 0 Å². The maximum atomic E-state index is 12.6. The van der Waals surface area contributed by atoms with Crippen LogP contribution in [0.15, 0.2) is 42.7 Å². The predicted molar refractivity (Wildman–Crippen MR) is 98.8 cm³/mol. The third-order valence-electron chi connectivity index (χ3n) is 4.38. The molecule has 2 heterocycles. The normalized spacial score (nSPS) is 15.8. The molecule has 1 N–H and O–H groups in total. The number of benzene rings is 1. The number of hydrogen-bond donors (Lipinski definition) is 1. The molecule has 0 saturated carbocycles. The average Bonchev–Trinajstić information content (AvgIpc) is 2.67. The molecule has 1 aliphatic heterocycles. The lowest BCUT2D eigenvalue weighted by molar-refractivity contribution is 0.189. The average molecular weight is 360 g/mol. The first kappa shape index (κ1) is 17.5. The van der Waals surface area contributed by atoms with Crippen LogP contribution in [0.1, 0.15) is 24.9 Å². The van der Waals surface area contributed by atoms with E-state index < -0.39 is 0 Å². The lowest BCUT2D eigenvalue weighted by Crippen LogP contribution is -2.52. The Morgan fingerprint density at radius 2 is 1.80 bits per heavy atom. The van der Waals surface area contributed by atoms with Crippen LogP contribution in [0.3, 0.4) is 0 Å². The molecule has 25 heavy (non-hydrogen) atoms. The van der Waals surface area contributed by atoms with Gasteiger partial charge in [-0.2, -0.15) is 0 Å². The second-order valence-corrected chi connectivity index (χ2v) is 6.42. The fourth-order valence-electron chi connectivity index (χ4n) is 2.92. The number of rotatable bonds is 4. The third-order valence-corrected chi connectivity index (χ3v) is 4.63. The second-order valence-electron chi connectivity index (χ2n) is 5.98. The summed E-state index contributed by atoms with van der Waals surface area (Å²) in [6.45, 7) is 4.83. The molecule has 1 fully saturated rings. The SMILES string of the molecule is CC[C@H](NC(=O)N1CCN(c2ncccn2)CC1)c1ccc(Cl)cc1. The van der Waals surface area contributed by atoms with Crippen molar-refractivity contribution in [3.8, 4) is 0 Å². The summed E-state index contributed by atoms with van der Waals surface area (Å²) in [7, 11) is 0. The standard InChI is InChI=1S/C18H22ClN5O/c1-2-16(14-4-6-15(19)7-5-14)22-18(25)24-12-10-23(11-13-24)17-20-8-3-9-21-17/h3-9,16H,2,10-13H2,1H3,(H,22,25)/t16-/m0/s1. The number of aromatic nitrogens is 2. The third kappa shape index (κ3) is 4.39. The van der Waals surface area contributed by atoms with E-state index in [-0.39, 0.29) is 12.1 Å². The van der Waals surface area contributed by atoms with Crippen LogP contribution >= 0.6 is 11.6 Å². The van der Waals surface area contributed by atoms with Gasteiger partial charge in [0.25, 0.3) is 0 Å². The Morgan fingerprint density at radius 3 is 2.40 bits per heavy atom. The zero-order valence-corrected chi connectivity index (χ0v) is 15.0. The zero-order chi connectivity index (χ0) is 17.6. The molecule has 132 valence electrons. The van der Waals surface area contributed by atoms with E-state index in [4.69, 9.17) is 11.6 Å². The molecule has 0 unspecified atom stereocenters. The summed E-state index contributed by atoms with van der Waals surface area (Å²) in [5.41, 5.74) is 1.07. The first-order valence-electron chi connectivity index (χ1n) is 8.50. The molecule has 2 aromatic rings. The maximum absolute atomic E-state index is 12.6. The van der Waals surface area contributed by atoms with E-state index in [9.17, 15) is 4.79 Å². The highest BCUT2D eigenvalue weighted by Gasteiger charge is 2.24. The molecule has 6 nitrogen and oxygen atoms in total. The first-order chi connectivity index (χ1) is 12.2. The van der Waals surface area contributed by atoms with Gasteiger partial charge in [-0.15, -0.1) is 0 Å². The second kappa shape index (κ2) is 8.16. The summed E-state index contributed by atoms with van der Waals surface area (Å²) < 4.78 is 0. The van der Waals surface area contributed by atoms with Gasteiger partial charge in [-0.1, -0.05) is 30.7 Å². The van der Waals surface area contributed by atoms with Gasteiger partial charge < -0.3 is 15.1 Å². The zero-order valence-electron chi connectivity index (χ0n) is 14.2. The molecule has 0 aliphatic carbocycles. The van der Waals surface area contributed by atoms with Gasteiger partial charge in [-0.25, -0.2) is 14.8 Å². The van der Waals surface area contributed by atoms with Crippen molar-refractivity contribution < 1.29 is 4.79 Å². The summed E-state index contributed by atoms with van der Waals surface area (Å²) in [5.74, 6) is 0.718. The Hall–Kier alpha value is -2.34. The number of piperazine rings is 1. The van der Waals surface area contributed by atoms with Gasteiger partial charge in [0.15, 0.2) is 0 Å². The lowest BCUT2D eigenvalue weighted by Gasteiger charge is -2.35. The first-order valence-corrected chi connectivity index (χ1v) is 8.88. The Labute approximate surface area is 152 Å². The smallest absolute Gasteiger partial charge is 0.318 e. The van der Waals surface area contributed by atoms with Crippen LogP contribution in [0, 0.1) is 0 Å². The topological polar surface area (TPSA) is 61.4 Å². The quantitative estimate of drug-likeness (QED) is 0.911. The van der Waals surface area contributed by atoms with Crippen LogP contribution < -0.4 is 10.2 Å². The largest absolute Gasteiger partial charge is 0.337 e. The Bertz CT molecular complexity index is 686. The van der Waals surface area contributed by atoms with Crippen LogP contribution in [0.2, 0.25) is 5.02 Å². The molecule has 0 spiro atoms. The number of hydrogen-bond acceptors (Lipinski definition) is 4. The van der Waals surface area contributed by atoms with Crippen molar-refractivity contribution in [2.45, 2.75) is 19.4 Å². The van der Waals surface area contributed by atoms with E-state index in [0.717, 1.165) is 31.0 Å². The molecule has 0 radical (unpaired) electrons. The van der Waals surface area contributed by atoms with Gasteiger partial charge in [-0.05, 0) is 30.2 Å². The minimum atomic E-state index is -0.0320. The number of carbonyl (C=O) groups excluding carboxylic acids is 1. The maximum Gasteiger partial charge on any atom is 0.318 e.